The van der Waals surface area contributed by atoms with Crippen molar-refractivity contribution >= 4 is 5.91 Å². The van der Waals surface area contributed by atoms with Gasteiger partial charge in [-0.1, -0.05) is 13.3 Å². The lowest BCUT2D eigenvalue weighted by molar-refractivity contribution is -0.132. The summed E-state index contributed by atoms with van der Waals surface area (Å²) in [4.78, 5) is 13.9. The van der Waals surface area contributed by atoms with Crippen LogP contribution < -0.4 is 5.32 Å². The molecule has 0 aromatic heterocycles. The molecule has 1 N–H and O–H groups in total. The second-order valence-electron chi connectivity index (χ2n) is 4.50. The van der Waals surface area contributed by atoms with Gasteiger partial charge in [0.05, 0.1) is 31.5 Å². The van der Waals surface area contributed by atoms with Crippen LogP contribution in [0.1, 0.15) is 26.7 Å². The fraction of sp³-hybridized carbons (Fsp3) is 0.917. The highest BCUT2D eigenvalue weighted by Gasteiger charge is 2.36. The lowest BCUT2D eigenvalue weighted by Gasteiger charge is -2.27. The predicted molar refractivity (Wildman–Crippen MR) is 65.7 cm³/mol. The SMILES string of the molecule is CCCC1NC(C)C(=O)N1CC(COC)OC. The average Bonchev–Trinajstić information content (AvgIpc) is 2.56. The standard InChI is InChI=1S/C12H24N2O3/c1-5-6-11-13-9(2)12(15)14(11)7-10(17-4)8-16-3/h9-11,13H,5-8H2,1-4H3. The molecule has 1 aliphatic rings. The van der Waals surface area contributed by atoms with Crippen LogP contribution in [0.2, 0.25) is 0 Å². The predicted octanol–water partition coefficient (Wildman–Crippen LogP) is 0.594. The molecule has 3 atom stereocenters. The van der Waals surface area contributed by atoms with E-state index in [9.17, 15) is 4.79 Å². The Kier molecular flexibility index (Phi) is 5.88. The highest BCUT2D eigenvalue weighted by atomic mass is 16.5. The molecule has 0 saturated carbocycles. The summed E-state index contributed by atoms with van der Waals surface area (Å²) < 4.78 is 10.4. The summed E-state index contributed by atoms with van der Waals surface area (Å²) in [5.74, 6) is 0.154. The molecule has 1 aliphatic heterocycles. The van der Waals surface area contributed by atoms with E-state index in [-0.39, 0.29) is 24.2 Å². The second-order valence-corrected chi connectivity index (χ2v) is 4.50. The summed E-state index contributed by atoms with van der Waals surface area (Å²) in [6, 6.07) is -0.0911. The van der Waals surface area contributed by atoms with Crippen LogP contribution in [0.5, 0.6) is 0 Å². The molecule has 0 bridgehead atoms. The van der Waals surface area contributed by atoms with Gasteiger partial charge in [0, 0.05) is 14.2 Å². The minimum Gasteiger partial charge on any atom is -0.382 e. The van der Waals surface area contributed by atoms with Crippen molar-refractivity contribution in [2.24, 2.45) is 0 Å². The van der Waals surface area contributed by atoms with Crippen molar-refractivity contribution < 1.29 is 14.3 Å². The van der Waals surface area contributed by atoms with Crippen LogP contribution >= 0.6 is 0 Å². The fourth-order valence-corrected chi connectivity index (χ4v) is 2.18. The molecular formula is C12H24N2O3. The Labute approximate surface area is 103 Å². The van der Waals surface area contributed by atoms with E-state index in [0.29, 0.717) is 13.2 Å². The van der Waals surface area contributed by atoms with Crippen LogP contribution in [0, 0.1) is 0 Å². The Morgan fingerprint density at radius 3 is 2.71 bits per heavy atom. The molecular weight excluding hydrogens is 220 g/mol. The van der Waals surface area contributed by atoms with E-state index in [1.54, 1.807) is 14.2 Å². The third kappa shape index (κ3) is 3.66. The van der Waals surface area contributed by atoms with Gasteiger partial charge in [0.25, 0.3) is 0 Å². The molecule has 5 heteroatoms. The summed E-state index contributed by atoms with van der Waals surface area (Å²) in [7, 11) is 3.29. The van der Waals surface area contributed by atoms with Crippen LogP contribution in [0.15, 0.2) is 0 Å². The van der Waals surface area contributed by atoms with Crippen LogP contribution in [0.25, 0.3) is 0 Å². The maximum atomic E-state index is 12.0. The van der Waals surface area contributed by atoms with Crippen molar-refractivity contribution in [1.29, 1.82) is 0 Å². The van der Waals surface area contributed by atoms with E-state index in [2.05, 4.69) is 12.2 Å². The summed E-state index contributed by atoms with van der Waals surface area (Å²) >= 11 is 0. The van der Waals surface area contributed by atoms with Crippen LogP contribution in [0.3, 0.4) is 0 Å². The Morgan fingerprint density at radius 1 is 1.47 bits per heavy atom. The first-order valence-electron chi connectivity index (χ1n) is 6.22. The highest BCUT2D eigenvalue weighted by molar-refractivity contribution is 5.83. The molecule has 0 aromatic carbocycles. The van der Waals surface area contributed by atoms with E-state index < -0.39 is 0 Å². The Hall–Kier alpha value is -0.650. The van der Waals surface area contributed by atoms with Gasteiger partial charge in [0.1, 0.15) is 0 Å². The molecule has 0 radical (unpaired) electrons. The molecule has 0 aliphatic carbocycles. The lowest BCUT2D eigenvalue weighted by atomic mass is 10.2. The summed E-state index contributed by atoms with van der Waals surface area (Å²) in [5.41, 5.74) is 0. The Morgan fingerprint density at radius 2 is 2.18 bits per heavy atom. The summed E-state index contributed by atoms with van der Waals surface area (Å²) in [5, 5.41) is 3.31. The molecule has 3 unspecified atom stereocenters. The number of carbonyl (C=O) groups excluding carboxylic acids is 1. The molecule has 1 rings (SSSR count). The second kappa shape index (κ2) is 6.93. The van der Waals surface area contributed by atoms with Crippen molar-refractivity contribution in [2.45, 2.75) is 45.0 Å². The minimum absolute atomic E-state index is 0.0598. The number of nitrogens with one attached hydrogen (secondary N) is 1. The monoisotopic (exact) mass is 244 g/mol. The third-order valence-corrected chi connectivity index (χ3v) is 3.12. The van der Waals surface area contributed by atoms with Crippen molar-refractivity contribution in [3.8, 4) is 0 Å². The van der Waals surface area contributed by atoms with Crippen LogP contribution in [0.4, 0.5) is 0 Å². The quantitative estimate of drug-likeness (QED) is 0.712. The summed E-state index contributed by atoms with van der Waals surface area (Å²) in [6.07, 6.45) is 2.10. The van der Waals surface area contributed by atoms with E-state index in [4.69, 9.17) is 9.47 Å². The maximum Gasteiger partial charge on any atom is 0.240 e. The van der Waals surface area contributed by atoms with Gasteiger partial charge in [-0.25, -0.2) is 0 Å². The number of carbonyl (C=O) groups is 1. The molecule has 17 heavy (non-hydrogen) atoms. The molecule has 1 fully saturated rings. The number of nitrogens with zero attached hydrogens (tertiary/aromatic N) is 1. The van der Waals surface area contributed by atoms with Gasteiger partial charge < -0.3 is 14.4 Å². The molecule has 0 aromatic rings. The van der Waals surface area contributed by atoms with Gasteiger partial charge in [-0.05, 0) is 13.3 Å². The van der Waals surface area contributed by atoms with Crippen molar-refractivity contribution in [3.63, 3.8) is 0 Å². The van der Waals surface area contributed by atoms with E-state index in [1.807, 2.05) is 11.8 Å². The first kappa shape index (κ1) is 14.4. The zero-order valence-corrected chi connectivity index (χ0v) is 11.2. The molecule has 1 amide bonds. The van der Waals surface area contributed by atoms with Crippen LogP contribution in [-0.2, 0) is 14.3 Å². The number of rotatable bonds is 7. The Balaban J connectivity index is 2.60. The van der Waals surface area contributed by atoms with Gasteiger partial charge in [0.2, 0.25) is 5.91 Å². The van der Waals surface area contributed by atoms with Gasteiger partial charge in [-0.3, -0.25) is 10.1 Å². The van der Waals surface area contributed by atoms with E-state index in [0.717, 1.165) is 12.8 Å². The Bertz CT molecular complexity index is 248. The molecule has 100 valence electrons. The number of methoxy groups -OCH3 is 2. The van der Waals surface area contributed by atoms with Gasteiger partial charge in [0.15, 0.2) is 0 Å². The number of hydrogen-bond acceptors (Lipinski definition) is 4. The van der Waals surface area contributed by atoms with Crippen molar-refractivity contribution in [1.82, 2.24) is 10.2 Å². The molecule has 5 nitrogen and oxygen atoms in total. The lowest BCUT2D eigenvalue weighted by Crippen LogP contribution is -2.43. The largest absolute Gasteiger partial charge is 0.382 e. The first-order chi connectivity index (χ1) is 8.13. The van der Waals surface area contributed by atoms with Crippen molar-refractivity contribution in [3.05, 3.63) is 0 Å². The summed E-state index contributed by atoms with van der Waals surface area (Å²) in [6.45, 7) is 5.12. The average molecular weight is 244 g/mol. The molecule has 1 saturated heterocycles. The van der Waals surface area contributed by atoms with Gasteiger partial charge >= 0.3 is 0 Å². The van der Waals surface area contributed by atoms with E-state index in [1.165, 1.54) is 0 Å². The highest BCUT2D eigenvalue weighted by Crippen LogP contribution is 2.16. The van der Waals surface area contributed by atoms with E-state index >= 15 is 0 Å². The van der Waals surface area contributed by atoms with Gasteiger partial charge in [-0.15, -0.1) is 0 Å². The number of ether oxygens (including phenoxy) is 2. The minimum atomic E-state index is -0.0911. The fourth-order valence-electron chi connectivity index (χ4n) is 2.18. The normalized spacial score (nSPS) is 26.6. The van der Waals surface area contributed by atoms with Gasteiger partial charge in [-0.2, -0.15) is 0 Å². The molecule has 1 heterocycles. The smallest absolute Gasteiger partial charge is 0.240 e. The third-order valence-electron chi connectivity index (χ3n) is 3.12. The number of amides is 1. The molecule has 0 spiro atoms. The van der Waals surface area contributed by atoms with Crippen molar-refractivity contribution in [2.75, 3.05) is 27.4 Å². The number of hydrogen-bond donors (Lipinski definition) is 1. The zero-order chi connectivity index (χ0) is 12.8. The van der Waals surface area contributed by atoms with Crippen LogP contribution in [-0.4, -0.2) is 56.5 Å². The first-order valence-corrected chi connectivity index (χ1v) is 6.22. The topological polar surface area (TPSA) is 50.8 Å². The maximum absolute atomic E-state index is 12.0. The zero-order valence-electron chi connectivity index (χ0n) is 11.2.